The monoisotopic (exact) mass is 518 g/mol. The van der Waals surface area contributed by atoms with Crippen molar-refractivity contribution in [3.8, 4) is 5.69 Å². The summed E-state index contributed by atoms with van der Waals surface area (Å²) in [7, 11) is 0. The molecule has 8 nitrogen and oxygen atoms in total. The minimum atomic E-state index is -0.523. The van der Waals surface area contributed by atoms with Crippen LogP contribution in [0.4, 0.5) is 5.82 Å². The third kappa shape index (κ3) is 4.58. The lowest BCUT2D eigenvalue weighted by atomic mass is 10.0. The van der Waals surface area contributed by atoms with Crippen molar-refractivity contribution in [1.29, 1.82) is 0 Å². The molecule has 196 valence electrons. The summed E-state index contributed by atoms with van der Waals surface area (Å²) in [6.07, 6.45) is 12.5. The summed E-state index contributed by atoms with van der Waals surface area (Å²) < 4.78 is 3.17. The van der Waals surface area contributed by atoms with Gasteiger partial charge in [-0.1, -0.05) is 61.4 Å². The van der Waals surface area contributed by atoms with Gasteiger partial charge in [-0.25, -0.2) is 9.50 Å². The maximum atomic E-state index is 14.2. The van der Waals surface area contributed by atoms with E-state index in [1.807, 2.05) is 61.5 Å². The summed E-state index contributed by atoms with van der Waals surface area (Å²) in [5.74, 6) is 0.248. The summed E-state index contributed by atoms with van der Waals surface area (Å²) >= 11 is 0. The van der Waals surface area contributed by atoms with E-state index in [0.29, 0.717) is 22.6 Å². The van der Waals surface area contributed by atoms with Crippen molar-refractivity contribution in [2.24, 2.45) is 5.92 Å². The fraction of sp³-hybridized carbons (Fsp3) is 0.226. The van der Waals surface area contributed by atoms with Crippen LogP contribution in [-0.2, 0) is 0 Å². The lowest BCUT2D eigenvalue weighted by Gasteiger charge is -2.21. The van der Waals surface area contributed by atoms with Crippen LogP contribution in [0.3, 0.4) is 0 Å². The summed E-state index contributed by atoms with van der Waals surface area (Å²) in [6.45, 7) is 1.86. The Hall–Kier alpha value is -4.72. The maximum Gasteiger partial charge on any atom is 0.263 e. The predicted molar refractivity (Wildman–Crippen MR) is 154 cm³/mol. The average Bonchev–Trinajstić information content (AvgIpc) is 3.59. The number of nitrogen functional groups attached to an aromatic ring is 1. The van der Waals surface area contributed by atoms with Crippen molar-refractivity contribution in [2.75, 3.05) is 5.73 Å². The Labute approximate surface area is 225 Å². The molecule has 5 aromatic rings. The van der Waals surface area contributed by atoms with Gasteiger partial charge in [-0.05, 0) is 60.9 Å². The summed E-state index contributed by atoms with van der Waals surface area (Å²) in [5, 5.41) is 8.71. The standard InChI is InChI=1S/C31H30N6O2/c1-20(34-30(38)27-28(32)35-36-18-8-17-33-29(27)36)25-19-23-12-7-11-22(16-15-21-9-5-6-10-21)26(23)31(39)37(25)24-13-3-2-4-14-24/h2-4,7-8,11-21H,5-6,9-10H2,1H3,(H2,32,35)(H,34,38). The molecule has 1 atom stereocenters. The second kappa shape index (κ2) is 10.2. The zero-order chi connectivity index (χ0) is 26.9. The Balaban J connectivity index is 1.45. The molecule has 0 aliphatic heterocycles. The summed E-state index contributed by atoms with van der Waals surface area (Å²) in [6, 6.07) is 18.6. The van der Waals surface area contributed by atoms with E-state index >= 15 is 0 Å². The zero-order valence-electron chi connectivity index (χ0n) is 21.7. The number of fused-ring (bicyclic) bond motifs is 2. The first-order valence-corrected chi connectivity index (χ1v) is 13.3. The number of amides is 1. The fourth-order valence-electron chi connectivity index (χ4n) is 5.56. The van der Waals surface area contributed by atoms with Gasteiger partial charge in [0.15, 0.2) is 11.5 Å². The first kappa shape index (κ1) is 24.6. The van der Waals surface area contributed by atoms with E-state index in [1.165, 1.54) is 30.2 Å². The Bertz CT molecular complexity index is 1760. The van der Waals surface area contributed by atoms with Gasteiger partial charge in [-0.15, -0.1) is 5.10 Å². The molecule has 6 rings (SSSR count). The van der Waals surface area contributed by atoms with Gasteiger partial charge in [0.05, 0.1) is 11.4 Å². The van der Waals surface area contributed by atoms with Crippen molar-refractivity contribution >= 4 is 34.2 Å². The van der Waals surface area contributed by atoms with E-state index in [9.17, 15) is 9.59 Å². The van der Waals surface area contributed by atoms with Crippen molar-refractivity contribution in [3.63, 3.8) is 0 Å². The van der Waals surface area contributed by atoms with E-state index in [0.717, 1.165) is 16.6 Å². The average molecular weight is 519 g/mol. The van der Waals surface area contributed by atoms with Crippen LogP contribution in [0.1, 0.15) is 60.3 Å². The molecule has 0 radical (unpaired) electrons. The summed E-state index contributed by atoms with van der Waals surface area (Å²) in [4.78, 5) is 31.9. The lowest BCUT2D eigenvalue weighted by molar-refractivity contribution is 0.0941. The lowest BCUT2D eigenvalue weighted by Crippen LogP contribution is -2.32. The molecule has 1 saturated carbocycles. The van der Waals surface area contributed by atoms with E-state index in [-0.39, 0.29) is 16.9 Å². The number of benzene rings is 2. The molecular formula is C31H30N6O2. The second-order valence-corrected chi connectivity index (χ2v) is 10.1. The number of carbonyl (C=O) groups excluding carboxylic acids is 1. The van der Waals surface area contributed by atoms with Crippen molar-refractivity contribution in [1.82, 2.24) is 24.5 Å². The number of hydrogen-bond donors (Lipinski definition) is 2. The third-order valence-corrected chi connectivity index (χ3v) is 7.51. The number of carbonyl (C=O) groups is 1. The normalized spacial score (nSPS) is 14.9. The van der Waals surface area contributed by atoms with Crippen LogP contribution in [0.15, 0.2) is 83.9 Å². The minimum Gasteiger partial charge on any atom is -0.381 e. The van der Waals surface area contributed by atoms with Crippen LogP contribution >= 0.6 is 0 Å². The molecule has 1 amide bonds. The van der Waals surface area contributed by atoms with E-state index in [2.05, 4.69) is 27.6 Å². The number of pyridine rings is 1. The Kier molecular flexibility index (Phi) is 6.44. The Morgan fingerprint density at radius 1 is 1.10 bits per heavy atom. The number of aromatic nitrogens is 4. The highest BCUT2D eigenvalue weighted by atomic mass is 16.2. The molecule has 0 saturated heterocycles. The maximum absolute atomic E-state index is 14.2. The van der Waals surface area contributed by atoms with Gasteiger partial charge in [0.2, 0.25) is 0 Å². The molecule has 1 aliphatic carbocycles. The van der Waals surface area contributed by atoms with E-state index in [1.54, 1.807) is 23.0 Å². The number of anilines is 1. The van der Waals surface area contributed by atoms with Crippen LogP contribution in [0.25, 0.3) is 28.2 Å². The zero-order valence-corrected chi connectivity index (χ0v) is 21.7. The van der Waals surface area contributed by atoms with Gasteiger partial charge in [0.1, 0.15) is 5.56 Å². The minimum absolute atomic E-state index is 0.0936. The number of nitrogens with one attached hydrogen (secondary N) is 1. The first-order chi connectivity index (χ1) is 19.0. The highest BCUT2D eigenvalue weighted by Crippen LogP contribution is 2.28. The van der Waals surface area contributed by atoms with Gasteiger partial charge in [-0.3, -0.25) is 14.2 Å². The highest BCUT2D eigenvalue weighted by Gasteiger charge is 2.24. The third-order valence-electron chi connectivity index (χ3n) is 7.51. The van der Waals surface area contributed by atoms with E-state index in [4.69, 9.17) is 5.73 Å². The van der Waals surface area contributed by atoms with Gasteiger partial charge in [-0.2, -0.15) is 0 Å². The molecule has 3 N–H and O–H groups in total. The molecule has 8 heteroatoms. The number of rotatable bonds is 6. The molecule has 0 spiro atoms. The molecule has 0 bridgehead atoms. The van der Waals surface area contributed by atoms with Crippen molar-refractivity contribution in [3.05, 3.63) is 106 Å². The predicted octanol–water partition coefficient (Wildman–Crippen LogP) is 5.31. The van der Waals surface area contributed by atoms with E-state index < -0.39 is 11.9 Å². The topological polar surface area (TPSA) is 107 Å². The van der Waals surface area contributed by atoms with Gasteiger partial charge in [0, 0.05) is 23.8 Å². The molecule has 3 aromatic heterocycles. The molecule has 1 fully saturated rings. The largest absolute Gasteiger partial charge is 0.381 e. The molecule has 1 unspecified atom stereocenters. The first-order valence-electron chi connectivity index (χ1n) is 13.3. The molecular weight excluding hydrogens is 488 g/mol. The highest BCUT2D eigenvalue weighted by molar-refractivity contribution is 6.04. The molecule has 39 heavy (non-hydrogen) atoms. The van der Waals surface area contributed by atoms with Gasteiger partial charge >= 0.3 is 0 Å². The SMILES string of the molecule is CC(NC(=O)c1c(N)nn2cccnc12)c1cc2cccc(C=CC3CCCC3)c2c(=O)n1-c1ccccc1. The smallest absolute Gasteiger partial charge is 0.263 e. The summed E-state index contributed by atoms with van der Waals surface area (Å²) in [5.41, 5.74) is 8.83. The van der Waals surface area contributed by atoms with Crippen LogP contribution in [0.2, 0.25) is 0 Å². The molecule has 2 aromatic carbocycles. The number of nitrogens with zero attached hydrogens (tertiary/aromatic N) is 4. The second-order valence-electron chi connectivity index (χ2n) is 10.1. The van der Waals surface area contributed by atoms with Crippen LogP contribution in [0, 0.1) is 5.92 Å². The van der Waals surface area contributed by atoms with Crippen LogP contribution in [0.5, 0.6) is 0 Å². The Morgan fingerprint density at radius 3 is 2.69 bits per heavy atom. The molecule has 1 aliphatic rings. The number of allylic oxidation sites excluding steroid dienone is 1. The van der Waals surface area contributed by atoms with Crippen molar-refractivity contribution < 1.29 is 4.79 Å². The van der Waals surface area contributed by atoms with Crippen LogP contribution < -0.4 is 16.6 Å². The Morgan fingerprint density at radius 2 is 1.90 bits per heavy atom. The molecule has 3 heterocycles. The number of nitrogens with two attached hydrogens (primary N) is 1. The van der Waals surface area contributed by atoms with Crippen LogP contribution in [-0.4, -0.2) is 25.1 Å². The quantitative estimate of drug-likeness (QED) is 0.317. The fourth-order valence-corrected chi connectivity index (χ4v) is 5.56. The van der Waals surface area contributed by atoms with Gasteiger partial charge in [0.25, 0.3) is 11.5 Å². The van der Waals surface area contributed by atoms with Gasteiger partial charge < -0.3 is 11.1 Å². The van der Waals surface area contributed by atoms with Crippen molar-refractivity contribution in [2.45, 2.75) is 38.6 Å². The number of para-hydroxylation sites is 1. The number of hydrogen-bond acceptors (Lipinski definition) is 5.